The zero-order chi connectivity index (χ0) is 22.2. The molecule has 32 heavy (non-hydrogen) atoms. The average Bonchev–Trinajstić information content (AvgIpc) is 2.84. The number of hydrogen-bond acceptors (Lipinski definition) is 4. The summed E-state index contributed by atoms with van der Waals surface area (Å²) in [5.74, 6) is 1.76. The predicted octanol–water partition coefficient (Wildman–Crippen LogP) is 4.46. The normalized spacial score (nSPS) is 13.6. The minimum Gasteiger partial charge on any atom is -0.492 e. The van der Waals surface area contributed by atoms with Crippen LogP contribution in [0.1, 0.15) is 18.1 Å². The fraction of sp³-hybridized carbons (Fsp3) is 0.296. The van der Waals surface area contributed by atoms with Crippen molar-refractivity contribution in [3.05, 3.63) is 90.0 Å². The van der Waals surface area contributed by atoms with Gasteiger partial charge in [0.15, 0.2) is 0 Å². The number of hydrogen-bond donors (Lipinski definition) is 1. The first-order valence-electron chi connectivity index (χ1n) is 11.2. The zero-order valence-electron chi connectivity index (χ0n) is 18.5. The Labute approximate surface area is 190 Å². The largest absolute Gasteiger partial charge is 0.492 e. The molecule has 0 aromatic heterocycles. The molecule has 0 bridgehead atoms. The molecule has 0 fully saturated rings. The van der Waals surface area contributed by atoms with Crippen LogP contribution < -0.4 is 19.7 Å². The number of para-hydroxylation sites is 2. The molecule has 0 saturated carbocycles. The summed E-state index contributed by atoms with van der Waals surface area (Å²) >= 11 is 0. The highest BCUT2D eigenvalue weighted by molar-refractivity contribution is 5.78. The molecule has 3 aromatic carbocycles. The van der Waals surface area contributed by atoms with Crippen LogP contribution in [0.25, 0.3) is 0 Å². The SMILES string of the molecule is CC(Cc1ccc(OCCN2CCOc3ccccc32)cc1)C(=O)NCc1ccccc1. The summed E-state index contributed by atoms with van der Waals surface area (Å²) in [4.78, 5) is 14.7. The number of ether oxygens (including phenoxy) is 2. The van der Waals surface area contributed by atoms with E-state index in [1.165, 1.54) is 0 Å². The molecule has 1 N–H and O–H groups in total. The van der Waals surface area contributed by atoms with Crippen LogP contribution in [0.4, 0.5) is 5.69 Å². The Morgan fingerprint density at radius 1 is 1.00 bits per heavy atom. The molecule has 5 heteroatoms. The lowest BCUT2D eigenvalue weighted by Gasteiger charge is -2.31. The summed E-state index contributed by atoms with van der Waals surface area (Å²) in [5, 5.41) is 3.02. The van der Waals surface area contributed by atoms with Crippen molar-refractivity contribution >= 4 is 11.6 Å². The van der Waals surface area contributed by atoms with Gasteiger partial charge >= 0.3 is 0 Å². The van der Waals surface area contributed by atoms with Gasteiger partial charge in [-0.2, -0.15) is 0 Å². The van der Waals surface area contributed by atoms with E-state index in [2.05, 4.69) is 16.3 Å². The van der Waals surface area contributed by atoms with Gasteiger partial charge in [-0.15, -0.1) is 0 Å². The highest BCUT2D eigenvalue weighted by Gasteiger charge is 2.17. The van der Waals surface area contributed by atoms with Crippen LogP contribution in [0.2, 0.25) is 0 Å². The first-order valence-corrected chi connectivity index (χ1v) is 11.2. The first-order chi connectivity index (χ1) is 15.7. The molecule has 1 aliphatic heterocycles. The third-order valence-corrected chi connectivity index (χ3v) is 5.68. The maximum Gasteiger partial charge on any atom is 0.223 e. The van der Waals surface area contributed by atoms with Crippen LogP contribution in [0.3, 0.4) is 0 Å². The van der Waals surface area contributed by atoms with E-state index in [0.29, 0.717) is 26.2 Å². The summed E-state index contributed by atoms with van der Waals surface area (Å²) in [6, 6.07) is 26.1. The predicted molar refractivity (Wildman–Crippen MR) is 127 cm³/mol. The van der Waals surface area contributed by atoms with Crippen LogP contribution in [0.15, 0.2) is 78.9 Å². The number of rotatable bonds is 9. The molecule has 3 aromatic rings. The summed E-state index contributed by atoms with van der Waals surface area (Å²) in [6.45, 7) is 5.49. The van der Waals surface area contributed by atoms with Gasteiger partial charge in [0.1, 0.15) is 24.7 Å². The minimum absolute atomic E-state index is 0.0694. The second kappa shape index (κ2) is 10.7. The second-order valence-corrected chi connectivity index (χ2v) is 8.10. The average molecular weight is 431 g/mol. The van der Waals surface area contributed by atoms with Gasteiger partial charge in [-0.3, -0.25) is 4.79 Å². The molecule has 1 atom stereocenters. The van der Waals surface area contributed by atoms with Crippen LogP contribution in [0.5, 0.6) is 11.5 Å². The number of carbonyl (C=O) groups excluding carboxylic acids is 1. The highest BCUT2D eigenvalue weighted by atomic mass is 16.5. The Hall–Kier alpha value is -3.47. The topological polar surface area (TPSA) is 50.8 Å². The molecule has 5 nitrogen and oxygen atoms in total. The van der Waals surface area contributed by atoms with Crippen molar-refractivity contribution in [1.29, 1.82) is 0 Å². The third-order valence-electron chi connectivity index (χ3n) is 5.68. The number of carbonyl (C=O) groups is 1. The minimum atomic E-state index is -0.0909. The van der Waals surface area contributed by atoms with E-state index in [9.17, 15) is 4.79 Å². The van der Waals surface area contributed by atoms with Crippen molar-refractivity contribution in [3.63, 3.8) is 0 Å². The van der Waals surface area contributed by atoms with Crippen LogP contribution in [0, 0.1) is 5.92 Å². The van der Waals surface area contributed by atoms with Crippen LogP contribution in [-0.2, 0) is 17.8 Å². The van der Waals surface area contributed by atoms with E-state index in [1.54, 1.807) is 0 Å². The molecular weight excluding hydrogens is 400 g/mol. The summed E-state index contributed by atoms with van der Waals surface area (Å²) in [6.07, 6.45) is 0.700. The summed E-state index contributed by atoms with van der Waals surface area (Å²) in [7, 11) is 0. The van der Waals surface area contributed by atoms with Gasteiger partial charge in [-0.05, 0) is 41.8 Å². The number of nitrogens with zero attached hydrogens (tertiary/aromatic N) is 1. The van der Waals surface area contributed by atoms with Crippen LogP contribution in [-0.4, -0.2) is 32.2 Å². The zero-order valence-corrected chi connectivity index (χ0v) is 18.5. The number of anilines is 1. The standard InChI is InChI=1S/C27H30N2O3/c1-21(27(30)28-20-23-7-3-2-4-8-23)19-22-11-13-24(14-12-22)31-17-15-29-16-18-32-26-10-6-5-9-25(26)29/h2-14,21H,15-20H2,1H3,(H,28,30). The van der Waals surface area contributed by atoms with Gasteiger partial charge < -0.3 is 19.7 Å². The molecule has 0 radical (unpaired) electrons. The Kier molecular flexibility index (Phi) is 7.28. The molecular formula is C27H30N2O3. The van der Waals surface area contributed by atoms with Gasteiger partial charge in [-0.25, -0.2) is 0 Å². The first kappa shape index (κ1) is 21.8. The second-order valence-electron chi connectivity index (χ2n) is 8.10. The van der Waals surface area contributed by atoms with E-state index in [1.807, 2.05) is 79.7 Å². The molecule has 1 aliphatic rings. The highest BCUT2D eigenvalue weighted by Crippen LogP contribution is 2.30. The quantitative estimate of drug-likeness (QED) is 0.545. The number of fused-ring (bicyclic) bond motifs is 1. The smallest absolute Gasteiger partial charge is 0.223 e. The number of amides is 1. The third kappa shape index (κ3) is 5.82. The fourth-order valence-corrected chi connectivity index (χ4v) is 3.86. The Balaban J connectivity index is 1.21. The van der Waals surface area contributed by atoms with Crippen molar-refractivity contribution in [1.82, 2.24) is 5.32 Å². The molecule has 166 valence electrons. The molecule has 4 rings (SSSR count). The fourth-order valence-electron chi connectivity index (χ4n) is 3.86. The van der Waals surface area contributed by atoms with E-state index in [0.717, 1.165) is 41.4 Å². The van der Waals surface area contributed by atoms with Gasteiger partial charge in [0.05, 0.1) is 18.8 Å². The van der Waals surface area contributed by atoms with Gasteiger partial charge in [0.2, 0.25) is 5.91 Å². The molecule has 0 spiro atoms. The molecule has 1 unspecified atom stereocenters. The lowest BCUT2D eigenvalue weighted by Crippen LogP contribution is -2.35. The number of benzene rings is 3. The lowest BCUT2D eigenvalue weighted by molar-refractivity contribution is -0.124. The van der Waals surface area contributed by atoms with Gasteiger partial charge in [0.25, 0.3) is 0 Å². The summed E-state index contributed by atoms with van der Waals surface area (Å²) < 4.78 is 11.7. The Morgan fingerprint density at radius 2 is 1.75 bits per heavy atom. The maximum atomic E-state index is 12.4. The maximum absolute atomic E-state index is 12.4. The lowest BCUT2D eigenvalue weighted by atomic mass is 10.00. The molecule has 0 aliphatic carbocycles. The molecule has 1 amide bonds. The molecule has 0 saturated heterocycles. The van der Waals surface area contributed by atoms with Crippen molar-refractivity contribution in [2.75, 3.05) is 31.2 Å². The van der Waals surface area contributed by atoms with Crippen molar-refractivity contribution in [2.45, 2.75) is 19.9 Å². The Bertz CT molecular complexity index is 1000. The van der Waals surface area contributed by atoms with Gasteiger partial charge in [-0.1, -0.05) is 61.5 Å². The van der Waals surface area contributed by atoms with Gasteiger partial charge in [0, 0.05) is 12.5 Å². The van der Waals surface area contributed by atoms with E-state index in [-0.39, 0.29) is 11.8 Å². The molecule has 1 heterocycles. The van der Waals surface area contributed by atoms with E-state index < -0.39 is 0 Å². The van der Waals surface area contributed by atoms with Crippen molar-refractivity contribution in [2.24, 2.45) is 5.92 Å². The number of nitrogens with one attached hydrogen (secondary N) is 1. The monoisotopic (exact) mass is 430 g/mol. The summed E-state index contributed by atoms with van der Waals surface area (Å²) in [5.41, 5.74) is 3.36. The van der Waals surface area contributed by atoms with Crippen molar-refractivity contribution < 1.29 is 14.3 Å². The van der Waals surface area contributed by atoms with Crippen molar-refractivity contribution in [3.8, 4) is 11.5 Å². The Morgan fingerprint density at radius 3 is 2.56 bits per heavy atom. The van der Waals surface area contributed by atoms with E-state index >= 15 is 0 Å². The van der Waals surface area contributed by atoms with Crippen LogP contribution >= 0.6 is 0 Å². The van der Waals surface area contributed by atoms with E-state index in [4.69, 9.17) is 9.47 Å².